The maximum Gasteiger partial charge on any atom is 0.523 e. The van der Waals surface area contributed by atoms with Crippen LogP contribution < -0.4 is 0 Å². The second kappa shape index (κ2) is 6.69. The van der Waals surface area contributed by atoms with Gasteiger partial charge in [0, 0.05) is 0 Å². The fourth-order valence-corrected chi connectivity index (χ4v) is 3.82. The first kappa shape index (κ1) is 22.1. The quantitative estimate of drug-likeness (QED) is 0.337. The van der Waals surface area contributed by atoms with E-state index < -0.39 is 62.2 Å². The Kier molecular flexibility index (Phi) is 5.47. The van der Waals surface area contributed by atoms with Crippen LogP contribution in [0.4, 0.5) is 13.2 Å². The number of rotatable bonds is 2. The normalized spacial score (nSPS) is 39.7. The van der Waals surface area contributed by atoms with Gasteiger partial charge < -0.3 is 23.7 Å². The van der Waals surface area contributed by atoms with E-state index in [9.17, 15) is 21.6 Å². The molecule has 0 N–H and O–H groups in total. The Hall–Kier alpha value is 0.370. The van der Waals surface area contributed by atoms with E-state index in [0.717, 1.165) is 0 Å². The Labute approximate surface area is 167 Å². The molecule has 8 nitrogen and oxygen atoms in total. The van der Waals surface area contributed by atoms with Crippen molar-refractivity contribution in [2.45, 2.75) is 59.3 Å². The largest absolute Gasteiger partial charge is 0.523 e. The molecule has 0 radical (unpaired) electrons. The van der Waals surface area contributed by atoms with E-state index in [0.29, 0.717) is 0 Å². The second-order valence-electron chi connectivity index (χ2n) is 6.48. The number of alkyl halides is 6. The van der Waals surface area contributed by atoms with E-state index in [1.54, 1.807) is 13.8 Å². The van der Waals surface area contributed by atoms with Crippen molar-refractivity contribution in [1.29, 1.82) is 0 Å². The van der Waals surface area contributed by atoms with Crippen LogP contribution in [0, 0.1) is 0 Å². The SMILES string of the molecule is CC1(C)OC[C@]2(OC[C@@H](OS(=O)(=O)C(F)(F)F)[C@@H]3O[C@@H](C(Cl)(Cl)Cl)O[C@@H]32)O1. The van der Waals surface area contributed by atoms with E-state index >= 15 is 0 Å². The molecule has 3 aliphatic heterocycles. The molecule has 15 heteroatoms. The first-order valence-corrected chi connectivity index (χ1v) is 9.96. The topological polar surface area (TPSA) is 89.5 Å². The number of fused-ring (bicyclic) bond motifs is 2. The summed E-state index contributed by atoms with van der Waals surface area (Å²) < 4.78 is 90.3. The average Bonchev–Trinajstić information content (AvgIpc) is 3.04. The molecular formula is C12H14Cl3F3O8S. The highest BCUT2D eigenvalue weighted by Gasteiger charge is 2.66. The van der Waals surface area contributed by atoms with Crippen LogP contribution >= 0.6 is 34.8 Å². The van der Waals surface area contributed by atoms with Crippen LogP contribution in [0.3, 0.4) is 0 Å². The monoisotopic (exact) mass is 480 g/mol. The van der Waals surface area contributed by atoms with Crippen LogP contribution in [-0.4, -0.2) is 67.1 Å². The van der Waals surface area contributed by atoms with E-state index in [1.165, 1.54) is 0 Å². The van der Waals surface area contributed by atoms with Gasteiger partial charge in [-0.2, -0.15) is 21.6 Å². The van der Waals surface area contributed by atoms with Crippen LogP contribution in [0.5, 0.6) is 0 Å². The van der Waals surface area contributed by atoms with Gasteiger partial charge in [-0.3, -0.25) is 4.18 Å². The molecule has 27 heavy (non-hydrogen) atoms. The van der Waals surface area contributed by atoms with Gasteiger partial charge in [-0.05, 0) is 13.8 Å². The van der Waals surface area contributed by atoms with Crippen molar-refractivity contribution < 1.29 is 49.5 Å². The van der Waals surface area contributed by atoms with Crippen LogP contribution in [0.2, 0.25) is 0 Å². The molecule has 0 aromatic rings. The van der Waals surface area contributed by atoms with Gasteiger partial charge in [0.05, 0.1) is 6.61 Å². The maximum absolute atomic E-state index is 12.7. The standard InChI is InChI=1S/C12H14Cl3F3O8S/c1-9(2)22-4-10(26-9)7-6(23-8(24-7)11(13,14)15)5(3-21-10)25-27(19,20)12(16,17)18/h5-8H,3-4H2,1-2H3/t5-,6+,7+,8-,10+/m1/s1. The van der Waals surface area contributed by atoms with Gasteiger partial charge in [0.25, 0.3) is 0 Å². The minimum atomic E-state index is -5.93. The van der Waals surface area contributed by atoms with Crippen LogP contribution in [0.1, 0.15) is 13.8 Å². The lowest BCUT2D eigenvalue weighted by Gasteiger charge is -2.42. The van der Waals surface area contributed by atoms with Crippen molar-refractivity contribution in [2.75, 3.05) is 13.2 Å². The smallest absolute Gasteiger partial charge is 0.345 e. The Morgan fingerprint density at radius 1 is 1.11 bits per heavy atom. The minimum absolute atomic E-state index is 0.185. The molecule has 0 unspecified atom stereocenters. The molecule has 0 bridgehead atoms. The highest BCUT2D eigenvalue weighted by Crippen LogP contribution is 2.48. The first-order chi connectivity index (χ1) is 12.1. The fraction of sp³-hybridized carbons (Fsp3) is 1.00. The second-order valence-corrected chi connectivity index (χ2v) is 10.4. The van der Waals surface area contributed by atoms with Gasteiger partial charge in [0.2, 0.25) is 15.9 Å². The molecule has 3 fully saturated rings. The summed E-state index contributed by atoms with van der Waals surface area (Å²) >= 11 is 17.2. The molecule has 0 saturated carbocycles. The van der Waals surface area contributed by atoms with Gasteiger partial charge in [0.15, 0.2) is 5.79 Å². The molecule has 3 heterocycles. The van der Waals surface area contributed by atoms with Gasteiger partial charge in [-0.15, -0.1) is 0 Å². The van der Waals surface area contributed by atoms with Crippen molar-refractivity contribution in [3.8, 4) is 0 Å². The third-order valence-corrected chi connectivity index (χ3v) is 5.58. The lowest BCUT2D eigenvalue weighted by atomic mass is 9.97. The first-order valence-electron chi connectivity index (χ1n) is 7.42. The van der Waals surface area contributed by atoms with Crippen molar-refractivity contribution in [1.82, 2.24) is 0 Å². The minimum Gasteiger partial charge on any atom is -0.345 e. The zero-order valence-electron chi connectivity index (χ0n) is 13.7. The molecule has 0 aromatic heterocycles. The summed E-state index contributed by atoms with van der Waals surface area (Å²) in [5.74, 6) is -2.72. The number of ether oxygens (including phenoxy) is 5. The predicted octanol–water partition coefficient (Wildman–Crippen LogP) is 2.21. The van der Waals surface area contributed by atoms with E-state index in [1.807, 2.05) is 0 Å². The Balaban J connectivity index is 1.89. The highest BCUT2D eigenvalue weighted by molar-refractivity contribution is 7.87. The molecule has 3 aliphatic rings. The van der Waals surface area contributed by atoms with Crippen molar-refractivity contribution in [3.05, 3.63) is 0 Å². The molecule has 1 spiro atoms. The van der Waals surface area contributed by atoms with Crippen LogP contribution in [0.15, 0.2) is 0 Å². The molecule has 3 rings (SSSR count). The third kappa shape index (κ3) is 4.16. The molecule has 0 amide bonds. The van der Waals surface area contributed by atoms with Gasteiger partial charge >= 0.3 is 15.6 Å². The number of hydrogen-bond donors (Lipinski definition) is 0. The summed E-state index contributed by atoms with van der Waals surface area (Å²) in [6.07, 6.45) is -5.96. The van der Waals surface area contributed by atoms with Crippen molar-refractivity contribution >= 4 is 44.9 Å². The van der Waals surface area contributed by atoms with Crippen LogP contribution in [0.25, 0.3) is 0 Å². The molecule has 0 aromatic carbocycles. The third-order valence-electron chi connectivity index (χ3n) is 3.98. The van der Waals surface area contributed by atoms with E-state index in [-0.39, 0.29) is 6.61 Å². The van der Waals surface area contributed by atoms with E-state index in [2.05, 4.69) is 4.18 Å². The molecule has 158 valence electrons. The lowest BCUT2D eigenvalue weighted by Crippen LogP contribution is -2.62. The summed E-state index contributed by atoms with van der Waals surface area (Å²) in [6, 6.07) is 0. The number of hydrogen-bond acceptors (Lipinski definition) is 8. The zero-order valence-corrected chi connectivity index (χ0v) is 16.7. The molecular weight excluding hydrogens is 468 g/mol. The van der Waals surface area contributed by atoms with Crippen molar-refractivity contribution in [2.24, 2.45) is 0 Å². The zero-order chi connectivity index (χ0) is 20.5. The summed E-state index contributed by atoms with van der Waals surface area (Å²) in [7, 11) is -5.93. The average molecular weight is 482 g/mol. The van der Waals surface area contributed by atoms with Gasteiger partial charge in [0.1, 0.15) is 24.9 Å². The highest BCUT2D eigenvalue weighted by atomic mass is 35.6. The summed E-state index contributed by atoms with van der Waals surface area (Å²) in [4.78, 5) is 0. The summed E-state index contributed by atoms with van der Waals surface area (Å²) in [6.45, 7) is 2.32. The Bertz CT molecular complexity index is 697. The van der Waals surface area contributed by atoms with E-state index in [4.69, 9.17) is 58.5 Å². The maximum atomic E-state index is 12.7. The number of halogens is 6. The van der Waals surface area contributed by atoms with Gasteiger partial charge in [-0.1, -0.05) is 34.8 Å². The molecule has 0 aliphatic carbocycles. The molecule has 3 saturated heterocycles. The lowest BCUT2D eigenvalue weighted by molar-refractivity contribution is -0.319. The molecule has 5 atom stereocenters. The Morgan fingerprint density at radius 3 is 2.22 bits per heavy atom. The summed E-state index contributed by atoms with van der Waals surface area (Å²) in [5.41, 5.74) is -5.64. The van der Waals surface area contributed by atoms with Crippen molar-refractivity contribution in [3.63, 3.8) is 0 Å². The fourth-order valence-electron chi connectivity index (χ4n) is 2.91. The predicted molar refractivity (Wildman–Crippen MR) is 83.5 cm³/mol. The summed E-state index contributed by atoms with van der Waals surface area (Å²) in [5, 5.41) is 0. The van der Waals surface area contributed by atoms with Crippen LogP contribution in [-0.2, 0) is 38.0 Å². The van der Waals surface area contributed by atoms with Gasteiger partial charge in [-0.25, -0.2) is 0 Å². The Morgan fingerprint density at radius 2 is 1.74 bits per heavy atom.